The van der Waals surface area contributed by atoms with Crippen molar-refractivity contribution in [3.63, 3.8) is 0 Å². The molecule has 0 N–H and O–H groups in total. The molecule has 2 amide bonds. The van der Waals surface area contributed by atoms with E-state index in [1.165, 1.54) is 69.2 Å². The van der Waals surface area contributed by atoms with Gasteiger partial charge in [-0.1, -0.05) is 107 Å². The van der Waals surface area contributed by atoms with E-state index in [1.54, 1.807) is 26.6 Å². The maximum atomic E-state index is 14.2. The van der Waals surface area contributed by atoms with E-state index in [4.69, 9.17) is 0 Å². The number of thiophene rings is 3. The van der Waals surface area contributed by atoms with Crippen LogP contribution < -0.4 is 10.4 Å². The molecule has 0 fully saturated rings. The zero-order valence-electron chi connectivity index (χ0n) is 29.2. The second-order valence-electron chi connectivity index (χ2n) is 16.0. The van der Waals surface area contributed by atoms with E-state index >= 15 is 0 Å². The first-order chi connectivity index (χ1) is 20.4. The van der Waals surface area contributed by atoms with Crippen molar-refractivity contribution in [3.8, 4) is 19.5 Å². The van der Waals surface area contributed by atoms with E-state index in [0.717, 1.165) is 16.2 Å². The zero-order valence-corrected chi connectivity index (χ0v) is 32.7. The molecule has 0 saturated carbocycles. The smallest absolute Gasteiger partial charge is 0.263 e. The molecule has 2 aliphatic rings. The van der Waals surface area contributed by atoms with Gasteiger partial charge in [0.2, 0.25) is 0 Å². The van der Waals surface area contributed by atoms with Crippen molar-refractivity contribution in [2.75, 3.05) is 6.54 Å². The van der Waals surface area contributed by atoms with Gasteiger partial charge in [-0.2, -0.15) is 0 Å². The summed E-state index contributed by atoms with van der Waals surface area (Å²) in [7, 11) is -1.92. The Balaban J connectivity index is 1.52. The lowest BCUT2D eigenvalue weighted by atomic mass is 9.90. The molecular weight excluding hydrogens is 615 g/mol. The SMILES string of the molecule is CCCCCCCCC(C)CN1C(=O)c2c(-c3sc4c(c3C)[Si](C)(C)c3c-4sc(C(C)(C)C)c3C)sc(C(C)(C)C)c2C1=O. The maximum Gasteiger partial charge on any atom is 0.263 e. The van der Waals surface area contributed by atoms with Gasteiger partial charge in [0.05, 0.1) is 16.0 Å². The molecule has 7 heteroatoms. The van der Waals surface area contributed by atoms with Gasteiger partial charge in [-0.05, 0) is 58.5 Å². The monoisotopic (exact) mass is 667 g/mol. The summed E-state index contributed by atoms with van der Waals surface area (Å²) >= 11 is 5.57. The van der Waals surface area contributed by atoms with Gasteiger partial charge in [-0.3, -0.25) is 14.5 Å². The summed E-state index contributed by atoms with van der Waals surface area (Å²) in [5.41, 5.74) is 4.10. The van der Waals surface area contributed by atoms with E-state index in [-0.39, 0.29) is 22.6 Å². The van der Waals surface area contributed by atoms with Crippen molar-refractivity contribution in [1.82, 2.24) is 4.90 Å². The molecule has 3 aromatic heterocycles. The number of imide groups is 1. The van der Waals surface area contributed by atoms with Crippen LogP contribution in [0.5, 0.6) is 0 Å². The van der Waals surface area contributed by atoms with Crippen LogP contribution in [0.15, 0.2) is 0 Å². The molecule has 0 spiro atoms. The first-order valence-electron chi connectivity index (χ1n) is 16.7. The number of hydrogen-bond acceptors (Lipinski definition) is 5. The van der Waals surface area contributed by atoms with Gasteiger partial charge in [0.15, 0.2) is 0 Å². The molecule has 2 aliphatic heterocycles. The standard InChI is InChI=1S/C37H53NO2S3Si/c1-13-14-15-16-17-18-19-21(2)20-38-34(39)24-25(35(38)40)33(37(8,9)10)42-27(24)26-22(3)30-28(41-26)29-31(44(30,11)12)23(4)32(43-29)36(5,6)7/h21H,13-20H2,1-12H3. The largest absolute Gasteiger partial charge is 0.274 e. The van der Waals surface area contributed by atoms with Crippen LogP contribution in [0, 0.1) is 19.8 Å². The highest BCUT2D eigenvalue weighted by molar-refractivity contribution is 7.32. The minimum Gasteiger partial charge on any atom is -0.274 e. The lowest BCUT2D eigenvalue weighted by Crippen LogP contribution is -2.50. The quantitative estimate of drug-likeness (QED) is 0.123. The number of carbonyl (C=O) groups is 2. The molecule has 3 nitrogen and oxygen atoms in total. The van der Waals surface area contributed by atoms with Crippen molar-refractivity contribution < 1.29 is 9.59 Å². The Bertz CT molecular complexity index is 1600. The van der Waals surface area contributed by atoms with Gasteiger partial charge in [-0.15, -0.1) is 34.0 Å². The first-order valence-corrected chi connectivity index (χ1v) is 22.2. The molecule has 0 aliphatic carbocycles. The van der Waals surface area contributed by atoms with Gasteiger partial charge in [0.1, 0.15) is 8.07 Å². The second-order valence-corrected chi connectivity index (χ2v) is 23.4. The molecule has 240 valence electrons. The molecular formula is C37H53NO2S3Si. The van der Waals surface area contributed by atoms with E-state index < -0.39 is 8.07 Å². The van der Waals surface area contributed by atoms with Gasteiger partial charge >= 0.3 is 0 Å². The summed E-state index contributed by atoms with van der Waals surface area (Å²) in [4.78, 5) is 37.6. The van der Waals surface area contributed by atoms with Crippen LogP contribution in [-0.2, 0) is 10.8 Å². The predicted octanol–water partition coefficient (Wildman–Crippen LogP) is 10.5. The summed E-state index contributed by atoms with van der Waals surface area (Å²) in [6, 6.07) is 0. The molecule has 1 atom stereocenters. The predicted molar refractivity (Wildman–Crippen MR) is 197 cm³/mol. The molecule has 5 heterocycles. The van der Waals surface area contributed by atoms with Crippen LogP contribution in [0.4, 0.5) is 0 Å². The van der Waals surface area contributed by atoms with E-state index in [9.17, 15) is 9.59 Å². The summed E-state index contributed by atoms with van der Waals surface area (Å²) in [5.74, 6) is 0.156. The first kappa shape index (κ1) is 33.8. The summed E-state index contributed by atoms with van der Waals surface area (Å²) in [5, 5.41) is 3.16. The van der Waals surface area contributed by atoms with Crippen molar-refractivity contribution in [2.45, 2.75) is 138 Å². The zero-order chi connectivity index (χ0) is 32.5. The van der Waals surface area contributed by atoms with Crippen LogP contribution >= 0.6 is 34.0 Å². The Hall–Kier alpha value is -1.54. The fourth-order valence-corrected chi connectivity index (χ4v) is 17.8. The highest BCUT2D eigenvalue weighted by Gasteiger charge is 2.48. The molecule has 0 radical (unpaired) electrons. The lowest BCUT2D eigenvalue weighted by Gasteiger charge is -2.23. The number of unbranched alkanes of at least 4 members (excludes halogenated alkanes) is 5. The average Bonchev–Trinajstić information content (AvgIpc) is 3.66. The average molecular weight is 668 g/mol. The van der Waals surface area contributed by atoms with Crippen molar-refractivity contribution in [1.29, 1.82) is 0 Å². The topological polar surface area (TPSA) is 37.4 Å². The fourth-order valence-electron chi connectivity index (χ4n) is 7.64. The number of carbonyl (C=O) groups excluding carboxylic acids is 2. The number of fused-ring (bicyclic) bond motifs is 4. The number of amides is 2. The number of hydrogen-bond donors (Lipinski definition) is 0. The maximum absolute atomic E-state index is 14.2. The summed E-state index contributed by atoms with van der Waals surface area (Å²) in [6.07, 6.45) is 8.63. The van der Waals surface area contributed by atoms with Crippen molar-refractivity contribution in [2.24, 2.45) is 5.92 Å². The van der Waals surface area contributed by atoms with Crippen LogP contribution in [0.25, 0.3) is 19.5 Å². The Morgan fingerprint density at radius 3 is 1.82 bits per heavy atom. The third-order valence-electron chi connectivity index (χ3n) is 9.69. The Morgan fingerprint density at radius 2 is 1.20 bits per heavy atom. The minimum atomic E-state index is -1.92. The molecule has 1 unspecified atom stereocenters. The van der Waals surface area contributed by atoms with Crippen LogP contribution in [-0.4, -0.2) is 31.3 Å². The van der Waals surface area contributed by atoms with Crippen molar-refractivity contribution in [3.05, 3.63) is 32.0 Å². The van der Waals surface area contributed by atoms with E-state index in [0.29, 0.717) is 23.6 Å². The van der Waals surface area contributed by atoms with E-state index in [2.05, 4.69) is 82.3 Å². The van der Waals surface area contributed by atoms with Gasteiger partial charge in [0, 0.05) is 30.9 Å². The second kappa shape index (κ2) is 11.9. The molecule has 3 aromatic rings. The van der Waals surface area contributed by atoms with Crippen LogP contribution in [0.1, 0.15) is 142 Å². The molecule has 44 heavy (non-hydrogen) atoms. The third kappa shape index (κ3) is 5.56. The van der Waals surface area contributed by atoms with Crippen molar-refractivity contribution >= 4 is 64.3 Å². The van der Waals surface area contributed by atoms with Crippen LogP contribution in [0.2, 0.25) is 13.1 Å². The highest BCUT2D eigenvalue weighted by atomic mass is 32.1. The number of rotatable bonds is 10. The normalized spacial score (nSPS) is 16.6. The van der Waals surface area contributed by atoms with Gasteiger partial charge in [-0.25, -0.2) is 0 Å². The minimum absolute atomic E-state index is 0.0744. The fraction of sp³-hybridized carbons (Fsp3) is 0.622. The van der Waals surface area contributed by atoms with Gasteiger partial charge < -0.3 is 0 Å². The molecule has 0 aromatic carbocycles. The lowest BCUT2D eigenvalue weighted by molar-refractivity contribution is 0.0629. The summed E-state index contributed by atoms with van der Waals surface area (Å²) < 4.78 is 0. The van der Waals surface area contributed by atoms with Gasteiger partial charge in [0.25, 0.3) is 11.8 Å². The summed E-state index contributed by atoms with van der Waals surface area (Å²) in [6.45, 7) is 28.1. The van der Waals surface area contributed by atoms with E-state index in [1.807, 2.05) is 22.7 Å². The molecule has 0 saturated heterocycles. The number of nitrogens with zero attached hydrogens (tertiary/aromatic N) is 1. The Labute approximate surface area is 279 Å². The Morgan fingerprint density at radius 1 is 0.682 bits per heavy atom. The highest BCUT2D eigenvalue weighted by Crippen LogP contribution is 2.52. The third-order valence-corrected chi connectivity index (χ3v) is 18.8. The molecule has 5 rings (SSSR count). The van der Waals surface area contributed by atoms with Crippen LogP contribution in [0.3, 0.4) is 0 Å². The Kier molecular flexibility index (Phi) is 9.16. The molecule has 0 bridgehead atoms.